The molecule has 0 amide bonds. The summed E-state index contributed by atoms with van der Waals surface area (Å²) in [7, 11) is 0. The molecule has 0 saturated heterocycles. The van der Waals surface area contributed by atoms with Gasteiger partial charge in [0.2, 0.25) is 5.43 Å². The summed E-state index contributed by atoms with van der Waals surface area (Å²) in [5, 5.41) is 41.3. The van der Waals surface area contributed by atoms with Crippen molar-refractivity contribution in [1.29, 1.82) is 0 Å². The van der Waals surface area contributed by atoms with Gasteiger partial charge in [-0.1, -0.05) is 11.6 Å². The van der Waals surface area contributed by atoms with Crippen LogP contribution in [0.4, 0.5) is 0 Å². The maximum absolute atomic E-state index is 13.5. The first kappa shape index (κ1) is 21.8. The van der Waals surface area contributed by atoms with E-state index in [4.69, 9.17) is 9.15 Å². The van der Waals surface area contributed by atoms with E-state index in [1.54, 1.807) is 13.8 Å². The Labute approximate surface area is 184 Å². The monoisotopic (exact) mass is 438 g/mol. The Kier molecular flexibility index (Phi) is 5.17. The van der Waals surface area contributed by atoms with Crippen LogP contribution in [0.5, 0.6) is 23.0 Å². The molecular formula is C25H26O7. The fraction of sp³-hybridized carbons (Fsp3) is 0.320. The van der Waals surface area contributed by atoms with Gasteiger partial charge in [0.05, 0.1) is 11.2 Å². The van der Waals surface area contributed by atoms with E-state index in [9.17, 15) is 25.2 Å². The summed E-state index contributed by atoms with van der Waals surface area (Å²) in [6.07, 6.45) is 3.24. The molecule has 2 heterocycles. The summed E-state index contributed by atoms with van der Waals surface area (Å²) in [4.78, 5) is 13.5. The van der Waals surface area contributed by atoms with Gasteiger partial charge in [0, 0.05) is 29.2 Å². The molecule has 0 bridgehead atoms. The molecule has 1 aromatic heterocycles. The molecule has 0 spiro atoms. The molecule has 0 radical (unpaired) electrons. The van der Waals surface area contributed by atoms with Crippen LogP contribution in [0.15, 0.2) is 45.3 Å². The number of allylic oxidation sites excluding steroid dienone is 2. The van der Waals surface area contributed by atoms with Gasteiger partial charge in [0.25, 0.3) is 0 Å². The molecule has 0 unspecified atom stereocenters. The van der Waals surface area contributed by atoms with Gasteiger partial charge in [-0.25, -0.2) is 0 Å². The van der Waals surface area contributed by atoms with E-state index in [0.29, 0.717) is 23.3 Å². The molecule has 4 rings (SSSR count). The van der Waals surface area contributed by atoms with Crippen LogP contribution in [0, 0.1) is 0 Å². The summed E-state index contributed by atoms with van der Waals surface area (Å²) in [6, 6.07) is 3.89. The zero-order valence-corrected chi connectivity index (χ0v) is 18.4. The number of aliphatic hydroxyl groups is 1. The topological polar surface area (TPSA) is 120 Å². The van der Waals surface area contributed by atoms with Crippen LogP contribution in [0.25, 0.3) is 22.1 Å². The SMILES string of the molecule is CC(C)=CCc1c2c(c(O)c3c(=O)c(-c4ccc(O)cc4O)coc13)C[C@@H](C(C)(C)O)O2. The number of benzene rings is 2. The zero-order chi connectivity index (χ0) is 23.4. The Bertz CT molecular complexity index is 1300. The van der Waals surface area contributed by atoms with Crippen molar-refractivity contribution < 1.29 is 29.6 Å². The molecule has 0 fully saturated rings. The number of fused-ring (bicyclic) bond motifs is 2. The van der Waals surface area contributed by atoms with Crippen molar-refractivity contribution in [2.45, 2.75) is 52.2 Å². The minimum Gasteiger partial charge on any atom is -0.508 e. The average Bonchev–Trinajstić information content (AvgIpc) is 3.14. The number of hydrogen-bond acceptors (Lipinski definition) is 7. The number of rotatable bonds is 4. The standard InChI is InChI=1S/C25H26O7/c1-12(2)5-7-15-23-16(10-19(32-23)25(3,4)30)21(28)20-22(29)17(11-31-24(15)20)14-8-6-13(26)9-18(14)27/h5-6,8-9,11,19,26-28,30H,7,10H2,1-4H3/t19-/m0/s1. The smallest absolute Gasteiger partial charge is 0.204 e. The second-order valence-corrected chi connectivity index (χ2v) is 8.97. The highest BCUT2D eigenvalue weighted by Crippen LogP contribution is 2.46. The second-order valence-electron chi connectivity index (χ2n) is 8.97. The van der Waals surface area contributed by atoms with E-state index in [0.717, 1.165) is 11.6 Å². The van der Waals surface area contributed by atoms with Gasteiger partial charge in [-0.15, -0.1) is 0 Å². The first-order chi connectivity index (χ1) is 15.0. The van der Waals surface area contributed by atoms with Crippen molar-refractivity contribution in [2.75, 3.05) is 0 Å². The van der Waals surface area contributed by atoms with Gasteiger partial charge in [-0.2, -0.15) is 0 Å². The van der Waals surface area contributed by atoms with Crippen molar-refractivity contribution >= 4 is 11.0 Å². The van der Waals surface area contributed by atoms with Gasteiger partial charge in [0.1, 0.15) is 46.3 Å². The number of aromatic hydroxyl groups is 3. The number of phenolic OH excluding ortho intramolecular Hbond substituents is 3. The third kappa shape index (κ3) is 3.58. The molecule has 2 aromatic carbocycles. The molecule has 1 aliphatic rings. The normalized spacial score (nSPS) is 15.5. The molecule has 1 atom stereocenters. The third-order valence-electron chi connectivity index (χ3n) is 5.76. The van der Waals surface area contributed by atoms with Gasteiger partial charge in [-0.05, 0) is 46.2 Å². The highest BCUT2D eigenvalue weighted by atomic mass is 16.5. The quantitative estimate of drug-likeness (QED) is 0.452. The second kappa shape index (κ2) is 7.60. The highest BCUT2D eigenvalue weighted by Gasteiger charge is 2.39. The molecule has 168 valence electrons. The fourth-order valence-corrected chi connectivity index (χ4v) is 3.97. The van der Waals surface area contributed by atoms with Crippen LogP contribution in [0.2, 0.25) is 0 Å². The Hall–Kier alpha value is -3.45. The van der Waals surface area contributed by atoms with Gasteiger partial charge in [-0.3, -0.25) is 4.79 Å². The summed E-state index contributed by atoms with van der Waals surface area (Å²) >= 11 is 0. The maximum Gasteiger partial charge on any atom is 0.204 e. The summed E-state index contributed by atoms with van der Waals surface area (Å²) in [6.45, 7) is 7.16. The van der Waals surface area contributed by atoms with Crippen molar-refractivity contribution in [1.82, 2.24) is 0 Å². The van der Waals surface area contributed by atoms with Crippen LogP contribution in [-0.2, 0) is 12.8 Å². The lowest BCUT2D eigenvalue weighted by Crippen LogP contribution is -2.39. The first-order valence-corrected chi connectivity index (χ1v) is 10.4. The lowest BCUT2D eigenvalue weighted by atomic mass is 9.93. The van der Waals surface area contributed by atoms with Gasteiger partial charge >= 0.3 is 0 Å². The van der Waals surface area contributed by atoms with E-state index in [1.807, 2.05) is 19.9 Å². The minimum absolute atomic E-state index is 0.00845. The van der Waals surface area contributed by atoms with Crippen molar-refractivity contribution in [2.24, 2.45) is 0 Å². The van der Waals surface area contributed by atoms with Gasteiger partial charge in [0.15, 0.2) is 0 Å². The summed E-state index contributed by atoms with van der Waals surface area (Å²) in [5.41, 5.74) is 0.864. The van der Waals surface area contributed by atoms with Crippen LogP contribution in [-0.4, -0.2) is 32.1 Å². The van der Waals surface area contributed by atoms with Crippen LogP contribution in [0.3, 0.4) is 0 Å². The Morgan fingerprint density at radius 1 is 1.19 bits per heavy atom. The Morgan fingerprint density at radius 3 is 2.53 bits per heavy atom. The van der Waals surface area contributed by atoms with Crippen molar-refractivity contribution in [3.8, 4) is 34.1 Å². The molecule has 3 aromatic rings. The number of hydrogen-bond donors (Lipinski definition) is 4. The molecule has 4 N–H and O–H groups in total. The van der Waals surface area contributed by atoms with Crippen LogP contribution < -0.4 is 10.2 Å². The Balaban J connectivity index is 2.01. The number of ether oxygens (including phenoxy) is 1. The highest BCUT2D eigenvalue weighted by molar-refractivity contribution is 5.93. The number of phenols is 3. The molecule has 0 saturated carbocycles. The molecular weight excluding hydrogens is 412 g/mol. The van der Waals surface area contributed by atoms with Crippen molar-refractivity contribution in [3.63, 3.8) is 0 Å². The molecule has 0 aliphatic carbocycles. The van der Waals surface area contributed by atoms with E-state index in [-0.39, 0.29) is 45.8 Å². The van der Waals surface area contributed by atoms with E-state index >= 15 is 0 Å². The van der Waals surface area contributed by atoms with Crippen LogP contribution >= 0.6 is 0 Å². The van der Waals surface area contributed by atoms with E-state index < -0.39 is 17.1 Å². The van der Waals surface area contributed by atoms with Crippen molar-refractivity contribution in [3.05, 3.63) is 57.5 Å². The summed E-state index contributed by atoms with van der Waals surface area (Å²) in [5.74, 6) is -0.261. The lowest BCUT2D eigenvalue weighted by Gasteiger charge is -2.24. The van der Waals surface area contributed by atoms with Gasteiger partial charge < -0.3 is 29.6 Å². The fourth-order valence-electron chi connectivity index (χ4n) is 3.97. The lowest BCUT2D eigenvalue weighted by molar-refractivity contribution is -0.0232. The predicted molar refractivity (Wildman–Crippen MR) is 120 cm³/mol. The summed E-state index contributed by atoms with van der Waals surface area (Å²) < 4.78 is 11.9. The zero-order valence-electron chi connectivity index (χ0n) is 18.4. The molecule has 32 heavy (non-hydrogen) atoms. The molecule has 7 nitrogen and oxygen atoms in total. The Morgan fingerprint density at radius 2 is 1.91 bits per heavy atom. The minimum atomic E-state index is -1.16. The predicted octanol–water partition coefficient (Wildman–Crippen LogP) is 4.16. The molecule has 1 aliphatic heterocycles. The van der Waals surface area contributed by atoms with E-state index in [2.05, 4.69) is 0 Å². The van der Waals surface area contributed by atoms with Crippen LogP contribution in [0.1, 0.15) is 38.8 Å². The first-order valence-electron chi connectivity index (χ1n) is 10.4. The largest absolute Gasteiger partial charge is 0.508 e. The molecule has 7 heteroatoms. The van der Waals surface area contributed by atoms with E-state index in [1.165, 1.54) is 18.4 Å². The third-order valence-corrected chi connectivity index (χ3v) is 5.76. The maximum atomic E-state index is 13.5. The average molecular weight is 438 g/mol.